The molecule has 0 unspecified atom stereocenters. The molecule has 0 heterocycles. The van der Waals surface area contributed by atoms with E-state index in [0.29, 0.717) is 16.7 Å². The molecule has 0 bridgehead atoms. The highest BCUT2D eigenvalue weighted by Gasteiger charge is 2.23. The molecule has 34 heavy (non-hydrogen) atoms. The van der Waals surface area contributed by atoms with Gasteiger partial charge in [0.25, 0.3) is 0 Å². The Balaban J connectivity index is 2.41. The van der Waals surface area contributed by atoms with E-state index in [4.69, 9.17) is 0 Å². The van der Waals surface area contributed by atoms with E-state index in [1.54, 1.807) is 22.3 Å². The van der Waals surface area contributed by atoms with Gasteiger partial charge < -0.3 is 0 Å². The van der Waals surface area contributed by atoms with E-state index in [0.717, 1.165) is 25.7 Å². The van der Waals surface area contributed by atoms with E-state index in [2.05, 4.69) is 104 Å². The highest BCUT2D eigenvalue weighted by atomic mass is 14.3. The molecule has 0 fully saturated rings. The Bertz CT molecular complexity index is 904. The van der Waals surface area contributed by atoms with Crippen LogP contribution in [-0.4, -0.2) is 0 Å². The summed E-state index contributed by atoms with van der Waals surface area (Å²) in [5.74, 6) is 0.620. The first kappa shape index (κ1) is 28.7. The predicted octanol–water partition coefficient (Wildman–Crippen LogP) is 9.75. The van der Waals surface area contributed by atoms with Gasteiger partial charge in [-0.05, 0) is 165 Å². The predicted molar refractivity (Wildman–Crippen MR) is 154 cm³/mol. The van der Waals surface area contributed by atoms with Gasteiger partial charge in [-0.3, -0.25) is 0 Å². The Kier molecular flexibility index (Phi) is 8.60. The van der Waals surface area contributed by atoms with Crippen molar-refractivity contribution in [3.05, 3.63) is 66.8 Å². The maximum atomic E-state index is 2.46. The molecule has 0 aliphatic heterocycles. The molecule has 2 aromatic carbocycles. The molecule has 2 rings (SSSR count). The second-order valence-corrected chi connectivity index (χ2v) is 13.9. The van der Waals surface area contributed by atoms with Crippen molar-refractivity contribution < 1.29 is 0 Å². The second kappa shape index (κ2) is 10.2. The summed E-state index contributed by atoms with van der Waals surface area (Å²) in [5, 5.41) is 0. The minimum atomic E-state index is 0.313. The Labute approximate surface area is 213 Å². The summed E-state index contributed by atoms with van der Waals surface area (Å²) in [7, 11) is 0. The van der Waals surface area contributed by atoms with E-state index < -0.39 is 0 Å². The van der Waals surface area contributed by atoms with Gasteiger partial charge in [-0.15, -0.1) is 0 Å². The Hall–Kier alpha value is -1.56. The van der Waals surface area contributed by atoms with Crippen molar-refractivity contribution in [1.82, 2.24) is 0 Å². The summed E-state index contributed by atoms with van der Waals surface area (Å²) in [4.78, 5) is 0. The lowest BCUT2D eigenvalue weighted by atomic mass is 9.77. The van der Waals surface area contributed by atoms with Crippen LogP contribution in [0.25, 0.3) is 0 Å². The molecule has 0 aromatic heterocycles. The van der Waals surface area contributed by atoms with Gasteiger partial charge in [0.05, 0.1) is 0 Å². The molecule has 0 nitrogen and oxygen atoms in total. The smallest absolute Gasteiger partial charge is 0.0224 e. The lowest BCUT2D eigenvalue weighted by Gasteiger charge is -2.28. The van der Waals surface area contributed by atoms with Crippen LogP contribution in [0.2, 0.25) is 0 Å². The molecular weight excluding hydrogens is 408 g/mol. The van der Waals surface area contributed by atoms with Crippen LogP contribution in [0.15, 0.2) is 0 Å². The van der Waals surface area contributed by atoms with E-state index in [-0.39, 0.29) is 0 Å². The van der Waals surface area contributed by atoms with Gasteiger partial charge in [0.15, 0.2) is 0 Å². The van der Waals surface area contributed by atoms with Gasteiger partial charge in [-0.1, -0.05) is 48.5 Å². The van der Waals surface area contributed by atoms with Crippen LogP contribution in [0.1, 0.15) is 115 Å². The molecule has 0 saturated heterocycles. The summed E-state index contributed by atoms with van der Waals surface area (Å²) >= 11 is 0. The lowest BCUT2D eigenvalue weighted by molar-refractivity contribution is 0.409. The molecule has 0 spiro atoms. The fourth-order valence-corrected chi connectivity index (χ4v) is 5.91. The highest BCUT2D eigenvalue weighted by molar-refractivity contribution is 5.52. The average Bonchev–Trinajstić information content (AvgIpc) is 2.70. The molecule has 0 saturated carbocycles. The van der Waals surface area contributed by atoms with E-state index >= 15 is 0 Å². The Morgan fingerprint density at radius 2 is 0.618 bits per heavy atom. The van der Waals surface area contributed by atoms with Crippen LogP contribution in [0.5, 0.6) is 0 Å². The van der Waals surface area contributed by atoms with Crippen molar-refractivity contribution in [3.8, 4) is 0 Å². The van der Waals surface area contributed by atoms with Gasteiger partial charge in [-0.25, -0.2) is 0 Å². The zero-order valence-corrected chi connectivity index (χ0v) is 25.4. The van der Waals surface area contributed by atoms with Crippen molar-refractivity contribution >= 4 is 0 Å². The third kappa shape index (κ3) is 6.35. The molecule has 0 heteroatoms. The summed E-state index contributed by atoms with van der Waals surface area (Å²) in [5.41, 5.74) is 19.1. The van der Waals surface area contributed by atoms with Gasteiger partial charge in [0.1, 0.15) is 0 Å². The van der Waals surface area contributed by atoms with Crippen molar-refractivity contribution in [2.45, 2.75) is 130 Å². The fourth-order valence-electron chi connectivity index (χ4n) is 5.91. The van der Waals surface area contributed by atoms with Crippen molar-refractivity contribution in [1.29, 1.82) is 0 Å². The van der Waals surface area contributed by atoms with Crippen molar-refractivity contribution in [2.24, 2.45) is 16.7 Å². The largest absolute Gasteiger partial charge is 0.0619 e. The summed E-state index contributed by atoms with van der Waals surface area (Å²) in [6.45, 7) is 35.5. The van der Waals surface area contributed by atoms with Crippen LogP contribution >= 0.6 is 0 Å². The quantitative estimate of drug-likeness (QED) is 0.400. The minimum Gasteiger partial charge on any atom is -0.0619 e. The number of benzene rings is 2. The average molecular weight is 463 g/mol. The van der Waals surface area contributed by atoms with Crippen molar-refractivity contribution in [3.63, 3.8) is 0 Å². The van der Waals surface area contributed by atoms with E-state index in [1.165, 1.54) is 44.5 Å². The SMILES string of the molecule is Cc1c(C)c(CC(C)(C)C)c(C)c(C)c1CC(C)Cc1c(C)c(C)c(CC(C)(C)C)c(C)c1C. The summed E-state index contributed by atoms with van der Waals surface area (Å²) in [6.07, 6.45) is 4.63. The van der Waals surface area contributed by atoms with Gasteiger partial charge >= 0.3 is 0 Å². The van der Waals surface area contributed by atoms with Crippen LogP contribution in [-0.2, 0) is 25.7 Å². The summed E-state index contributed by atoms with van der Waals surface area (Å²) < 4.78 is 0. The molecule has 0 amide bonds. The third-order valence-corrected chi connectivity index (χ3v) is 8.39. The van der Waals surface area contributed by atoms with Crippen LogP contribution in [0.4, 0.5) is 0 Å². The number of rotatable bonds is 6. The third-order valence-electron chi connectivity index (χ3n) is 8.39. The second-order valence-electron chi connectivity index (χ2n) is 13.9. The molecule has 0 atom stereocenters. The first-order valence-electron chi connectivity index (χ1n) is 13.5. The first-order chi connectivity index (χ1) is 15.4. The Morgan fingerprint density at radius 3 is 0.824 bits per heavy atom. The monoisotopic (exact) mass is 462 g/mol. The zero-order valence-electron chi connectivity index (χ0n) is 25.4. The van der Waals surface area contributed by atoms with Gasteiger partial charge in [-0.2, -0.15) is 0 Å². The van der Waals surface area contributed by atoms with E-state index in [1.807, 2.05) is 0 Å². The fraction of sp³-hybridized carbons (Fsp3) is 0.647. The van der Waals surface area contributed by atoms with Crippen LogP contribution < -0.4 is 0 Å². The van der Waals surface area contributed by atoms with Crippen LogP contribution in [0, 0.1) is 72.1 Å². The van der Waals surface area contributed by atoms with Gasteiger partial charge in [0, 0.05) is 0 Å². The first-order valence-corrected chi connectivity index (χ1v) is 13.5. The normalized spacial score (nSPS) is 12.7. The molecular formula is C34H54. The molecule has 0 aliphatic carbocycles. The Morgan fingerprint density at radius 1 is 0.412 bits per heavy atom. The molecule has 0 aliphatic rings. The van der Waals surface area contributed by atoms with Crippen molar-refractivity contribution in [2.75, 3.05) is 0 Å². The standard InChI is InChI=1S/C34H54/c1-20(16-29-21(2)25(6)31(18-33(10,11)12)26(7)22(29)3)17-30-23(4)27(8)32(19-34(13,14)15)28(9)24(30)5/h20H,16-19H2,1-15H3. The lowest BCUT2D eigenvalue weighted by Crippen LogP contribution is -2.17. The molecule has 0 N–H and O–H groups in total. The van der Waals surface area contributed by atoms with E-state index in [9.17, 15) is 0 Å². The molecule has 2 aromatic rings. The maximum Gasteiger partial charge on any atom is -0.0224 e. The van der Waals surface area contributed by atoms with Crippen LogP contribution in [0.3, 0.4) is 0 Å². The maximum absolute atomic E-state index is 2.46. The minimum absolute atomic E-state index is 0.313. The summed E-state index contributed by atoms with van der Waals surface area (Å²) in [6, 6.07) is 0. The topological polar surface area (TPSA) is 0 Å². The molecule has 190 valence electrons. The number of hydrogen-bond donors (Lipinski definition) is 0. The zero-order chi connectivity index (χ0) is 26.3. The number of hydrogen-bond acceptors (Lipinski definition) is 0. The van der Waals surface area contributed by atoms with Gasteiger partial charge in [0.2, 0.25) is 0 Å². The molecule has 0 radical (unpaired) electrons. The highest BCUT2D eigenvalue weighted by Crippen LogP contribution is 2.35.